The van der Waals surface area contributed by atoms with Crippen molar-refractivity contribution in [2.45, 2.75) is 0 Å². The topological polar surface area (TPSA) is 104 Å². The van der Waals surface area contributed by atoms with Crippen LogP contribution in [0.2, 0.25) is 0 Å². The first kappa shape index (κ1) is 11.8. The Labute approximate surface area is 92.4 Å². The Hall–Kier alpha value is -2.24. The molecule has 0 aliphatic carbocycles. The summed E-state index contributed by atoms with van der Waals surface area (Å²) in [4.78, 5) is 22.4. The van der Waals surface area contributed by atoms with Crippen molar-refractivity contribution in [3.05, 3.63) is 23.8 Å². The molecule has 5 N–H and O–H groups in total. The third-order valence-corrected chi connectivity index (χ3v) is 1.97. The summed E-state index contributed by atoms with van der Waals surface area (Å²) in [7, 11) is 1.47. The summed E-state index contributed by atoms with van der Waals surface area (Å²) in [6.07, 6.45) is 0. The minimum atomic E-state index is -0.503. The van der Waals surface area contributed by atoms with Crippen molar-refractivity contribution in [3.8, 4) is 5.75 Å². The van der Waals surface area contributed by atoms with E-state index in [-0.39, 0.29) is 29.5 Å². The van der Waals surface area contributed by atoms with Crippen LogP contribution in [-0.4, -0.2) is 30.5 Å². The Morgan fingerprint density at radius 2 is 2.12 bits per heavy atom. The second kappa shape index (κ2) is 5.01. The van der Waals surface area contributed by atoms with Crippen LogP contribution in [0.25, 0.3) is 0 Å². The van der Waals surface area contributed by atoms with Gasteiger partial charge in [-0.1, -0.05) is 0 Å². The van der Waals surface area contributed by atoms with Crippen molar-refractivity contribution in [2.75, 3.05) is 19.3 Å². The number of nitrogen functional groups attached to an aromatic ring is 1. The number of amides is 2. The molecule has 0 aliphatic rings. The molecular formula is C10H13N3O3. The summed E-state index contributed by atoms with van der Waals surface area (Å²) in [5.41, 5.74) is 5.94. The minimum Gasteiger partial charge on any atom is -0.508 e. The number of aromatic hydroxyl groups is 1. The van der Waals surface area contributed by atoms with E-state index < -0.39 is 5.91 Å². The molecule has 6 nitrogen and oxygen atoms in total. The van der Waals surface area contributed by atoms with Gasteiger partial charge in [-0.15, -0.1) is 0 Å². The fraction of sp³-hybridized carbons (Fsp3) is 0.200. The van der Waals surface area contributed by atoms with Gasteiger partial charge < -0.3 is 21.5 Å². The Morgan fingerprint density at radius 3 is 2.75 bits per heavy atom. The number of nitrogens with one attached hydrogen (secondary N) is 2. The molecular weight excluding hydrogens is 210 g/mol. The summed E-state index contributed by atoms with van der Waals surface area (Å²) in [5, 5.41) is 13.9. The van der Waals surface area contributed by atoms with Gasteiger partial charge in [-0.3, -0.25) is 9.59 Å². The van der Waals surface area contributed by atoms with Gasteiger partial charge in [0.1, 0.15) is 5.75 Å². The van der Waals surface area contributed by atoms with E-state index >= 15 is 0 Å². The van der Waals surface area contributed by atoms with Crippen molar-refractivity contribution in [1.82, 2.24) is 10.6 Å². The van der Waals surface area contributed by atoms with E-state index in [0.29, 0.717) is 0 Å². The number of benzene rings is 1. The summed E-state index contributed by atoms with van der Waals surface area (Å²) in [6, 6.07) is 4.05. The minimum absolute atomic E-state index is 0.0562. The van der Waals surface area contributed by atoms with Gasteiger partial charge in [0.05, 0.1) is 12.1 Å². The molecule has 0 spiro atoms. The Bertz CT molecular complexity index is 418. The molecule has 0 unspecified atom stereocenters. The van der Waals surface area contributed by atoms with Crippen LogP contribution >= 0.6 is 0 Å². The molecule has 0 bridgehead atoms. The number of hydrogen-bond acceptors (Lipinski definition) is 4. The molecule has 1 aromatic rings. The highest BCUT2D eigenvalue weighted by Gasteiger charge is 2.11. The maximum Gasteiger partial charge on any atom is 0.253 e. The van der Waals surface area contributed by atoms with Crippen LogP contribution < -0.4 is 16.4 Å². The Balaban J connectivity index is 2.73. The van der Waals surface area contributed by atoms with E-state index in [1.165, 1.54) is 25.2 Å². The SMILES string of the molecule is CNC(=O)CNC(=O)c1cc(O)ccc1N. The maximum atomic E-state index is 11.6. The van der Waals surface area contributed by atoms with Gasteiger partial charge in [-0.05, 0) is 18.2 Å². The molecule has 0 atom stereocenters. The monoisotopic (exact) mass is 223 g/mol. The number of likely N-dealkylation sites (N-methyl/N-ethyl adjacent to an activating group) is 1. The number of nitrogens with two attached hydrogens (primary N) is 1. The molecule has 0 saturated carbocycles. The van der Waals surface area contributed by atoms with E-state index in [1.54, 1.807) is 0 Å². The quantitative estimate of drug-likeness (QED) is 0.407. The van der Waals surface area contributed by atoms with Gasteiger partial charge in [0.25, 0.3) is 5.91 Å². The number of rotatable bonds is 3. The van der Waals surface area contributed by atoms with Crippen LogP contribution in [0.4, 0.5) is 5.69 Å². The predicted octanol–water partition coefficient (Wildman–Crippen LogP) is -0.550. The van der Waals surface area contributed by atoms with Crippen LogP contribution in [0, 0.1) is 0 Å². The first-order valence-corrected chi connectivity index (χ1v) is 4.62. The molecule has 0 heterocycles. The third kappa shape index (κ3) is 2.88. The third-order valence-electron chi connectivity index (χ3n) is 1.97. The normalized spacial score (nSPS) is 9.56. The summed E-state index contributed by atoms with van der Waals surface area (Å²) in [6.45, 7) is -0.134. The van der Waals surface area contributed by atoms with Gasteiger partial charge in [-0.25, -0.2) is 0 Å². The number of carbonyl (C=O) groups is 2. The van der Waals surface area contributed by atoms with Crippen molar-refractivity contribution < 1.29 is 14.7 Å². The first-order chi connectivity index (χ1) is 7.54. The molecule has 0 aromatic heterocycles. The molecule has 1 aromatic carbocycles. The highest BCUT2D eigenvalue weighted by Crippen LogP contribution is 2.17. The number of anilines is 1. The Kier molecular flexibility index (Phi) is 3.71. The largest absolute Gasteiger partial charge is 0.508 e. The lowest BCUT2D eigenvalue weighted by Gasteiger charge is -2.07. The lowest BCUT2D eigenvalue weighted by molar-refractivity contribution is -0.119. The second-order valence-corrected chi connectivity index (χ2v) is 3.13. The number of carbonyl (C=O) groups excluding carboxylic acids is 2. The number of phenols is 1. The fourth-order valence-electron chi connectivity index (χ4n) is 1.09. The maximum absolute atomic E-state index is 11.6. The van der Waals surface area contributed by atoms with E-state index in [0.717, 1.165) is 0 Å². The predicted molar refractivity (Wildman–Crippen MR) is 58.9 cm³/mol. The Morgan fingerprint density at radius 1 is 1.44 bits per heavy atom. The zero-order chi connectivity index (χ0) is 12.1. The van der Waals surface area contributed by atoms with Crippen molar-refractivity contribution in [3.63, 3.8) is 0 Å². The molecule has 0 aliphatic heterocycles. The van der Waals surface area contributed by atoms with Crippen molar-refractivity contribution in [2.24, 2.45) is 0 Å². The molecule has 1 rings (SSSR count). The number of phenolic OH excluding ortho intramolecular Hbond substituents is 1. The fourth-order valence-corrected chi connectivity index (χ4v) is 1.09. The molecule has 0 radical (unpaired) electrons. The summed E-state index contributed by atoms with van der Waals surface area (Å²) in [5.74, 6) is -0.872. The highest BCUT2D eigenvalue weighted by molar-refractivity contribution is 6.01. The van der Waals surface area contributed by atoms with Crippen LogP contribution in [0.5, 0.6) is 5.75 Å². The van der Waals surface area contributed by atoms with Gasteiger partial charge >= 0.3 is 0 Å². The lowest BCUT2D eigenvalue weighted by Crippen LogP contribution is -2.35. The summed E-state index contributed by atoms with van der Waals surface area (Å²) < 4.78 is 0. The van der Waals surface area contributed by atoms with E-state index in [9.17, 15) is 14.7 Å². The molecule has 16 heavy (non-hydrogen) atoms. The van der Waals surface area contributed by atoms with Gasteiger partial charge in [-0.2, -0.15) is 0 Å². The second-order valence-electron chi connectivity index (χ2n) is 3.13. The molecule has 6 heteroatoms. The van der Waals surface area contributed by atoms with Crippen molar-refractivity contribution >= 4 is 17.5 Å². The van der Waals surface area contributed by atoms with Gasteiger partial charge in [0.2, 0.25) is 5.91 Å². The summed E-state index contributed by atoms with van der Waals surface area (Å²) >= 11 is 0. The van der Waals surface area contributed by atoms with Gasteiger partial charge in [0.15, 0.2) is 0 Å². The average Bonchev–Trinajstić information content (AvgIpc) is 2.28. The van der Waals surface area contributed by atoms with Gasteiger partial charge in [0, 0.05) is 12.7 Å². The smallest absolute Gasteiger partial charge is 0.253 e. The lowest BCUT2D eigenvalue weighted by atomic mass is 10.1. The molecule has 0 saturated heterocycles. The molecule has 2 amide bonds. The van der Waals surface area contributed by atoms with Crippen LogP contribution in [0.15, 0.2) is 18.2 Å². The zero-order valence-electron chi connectivity index (χ0n) is 8.78. The standard InChI is InChI=1S/C10H13N3O3/c1-12-9(15)5-13-10(16)7-4-6(14)2-3-8(7)11/h2-4,14H,5,11H2,1H3,(H,12,15)(H,13,16). The molecule has 0 fully saturated rings. The van der Waals surface area contributed by atoms with E-state index in [1.807, 2.05) is 0 Å². The zero-order valence-corrected chi connectivity index (χ0v) is 8.78. The van der Waals surface area contributed by atoms with E-state index in [4.69, 9.17) is 5.73 Å². The van der Waals surface area contributed by atoms with E-state index in [2.05, 4.69) is 10.6 Å². The van der Waals surface area contributed by atoms with Crippen molar-refractivity contribution in [1.29, 1.82) is 0 Å². The first-order valence-electron chi connectivity index (χ1n) is 4.62. The van der Waals surface area contributed by atoms with Crippen LogP contribution in [-0.2, 0) is 4.79 Å². The number of hydrogen-bond donors (Lipinski definition) is 4. The van der Waals surface area contributed by atoms with Crippen LogP contribution in [0.1, 0.15) is 10.4 Å². The average molecular weight is 223 g/mol. The molecule has 86 valence electrons. The highest BCUT2D eigenvalue weighted by atomic mass is 16.3. The van der Waals surface area contributed by atoms with Crippen LogP contribution in [0.3, 0.4) is 0 Å².